The maximum absolute atomic E-state index is 9.00. The second-order valence-corrected chi connectivity index (χ2v) is 4.22. The van der Waals surface area contributed by atoms with Gasteiger partial charge < -0.3 is 5.32 Å². The minimum absolute atomic E-state index is 0.687. The van der Waals surface area contributed by atoms with Gasteiger partial charge in [0.1, 0.15) is 6.07 Å². The van der Waals surface area contributed by atoms with Crippen LogP contribution in [0.3, 0.4) is 0 Å². The zero-order chi connectivity index (χ0) is 12.0. The van der Waals surface area contributed by atoms with Crippen LogP contribution >= 0.6 is 0 Å². The first-order chi connectivity index (χ1) is 7.71. The van der Waals surface area contributed by atoms with Crippen molar-refractivity contribution in [1.29, 1.82) is 5.26 Å². The third-order valence-corrected chi connectivity index (χ3v) is 3.03. The standard InChI is InChI=1S/C14H20N2/c1-4-12(5-2)10-16-14-8-11(3)6-7-13(14)9-15/h6-8,12,16H,4-5,10H2,1-3H3. The second kappa shape index (κ2) is 6.17. The summed E-state index contributed by atoms with van der Waals surface area (Å²) in [7, 11) is 0. The summed E-state index contributed by atoms with van der Waals surface area (Å²) in [6, 6.07) is 8.12. The zero-order valence-corrected chi connectivity index (χ0v) is 10.4. The van der Waals surface area contributed by atoms with Gasteiger partial charge in [-0.05, 0) is 30.5 Å². The number of rotatable bonds is 5. The van der Waals surface area contributed by atoms with Gasteiger partial charge in [0.05, 0.1) is 11.3 Å². The molecule has 1 aromatic carbocycles. The second-order valence-electron chi connectivity index (χ2n) is 4.22. The topological polar surface area (TPSA) is 35.8 Å². The van der Waals surface area contributed by atoms with Crippen LogP contribution in [0, 0.1) is 24.2 Å². The van der Waals surface area contributed by atoms with Crippen LogP contribution in [0.2, 0.25) is 0 Å². The molecule has 0 atom stereocenters. The van der Waals surface area contributed by atoms with E-state index in [1.807, 2.05) is 25.1 Å². The normalized spacial score (nSPS) is 10.2. The van der Waals surface area contributed by atoms with Crippen molar-refractivity contribution < 1.29 is 0 Å². The molecule has 0 heterocycles. The van der Waals surface area contributed by atoms with Crippen LogP contribution in [0.1, 0.15) is 37.8 Å². The number of nitrogens with one attached hydrogen (secondary N) is 1. The van der Waals surface area contributed by atoms with Crippen molar-refractivity contribution >= 4 is 5.69 Å². The summed E-state index contributed by atoms with van der Waals surface area (Å²) in [5, 5.41) is 12.4. The molecule has 0 fully saturated rings. The first-order valence-corrected chi connectivity index (χ1v) is 5.95. The van der Waals surface area contributed by atoms with E-state index in [4.69, 9.17) is 5.26 Å². The van der Waals surface area contributed by atoms with Crippen molar-refractivity contribution in [1.82, 2.24) is 0 Å². The molecule has 0 radical (unpaired) electrons. The lowest BCUT2D eigenvalue weighted by atomic mass is 10.0. The van der Waals surface area contributed by atoms with Gasteiger partial charge >= 0.3 is 0 Å². The van der Waals surface area contributed by atoms with Gasteiger partial charge in [0, 0.05) is 6.54 Å². The average molecular weight is 216 g/mol. The molecular formula is C14H20N2. The monoisotopic (exact) mass is 216 g/mol. The van der Waals surface area contributed by atoms with Crippen LogP contribution in [0.5, 0.6) is 0 Å². The highest BCUT2D eigenvalue weighted by Crippen LogP contribution is 2.18. The average Bonchev–Trinajstić information content (AvgIpc) is 2.30. The molecule has 0 aliphatic carbocycles. The van der Waals surface area contributed by atoms with Crippen LogP contribution in [-0.2, 0) is 0 Å². The molecule has 0 bridgehead atoms. The highest BCUT2D eigenvalue weighted by Gasteiger charge is 2.05. The molecule has 0 aromatic heterocycles. The molecule has 0 aliphatic rings. The van der Waals surface area contributed by atoms with Gasteiger partial charge in [0.2, 0.25) is 0 Å². The third kappa shape index (κ3) is 3.27. The molecule has 0 saturated heterocycles. The SMILES string of the molecule is CCC(CC)CNc1cc(C)ccc1C#N. The highest BCUT2D eigenvalue weighted by molar-refractivity contribution is 5.58. The molecule has 1 aromatic rings. The number of anilines is 1. The predicted octanol–water partition coefficient (Wildman–Crippen LogP) is 3.71. The Hall–Kier alpha value is -1.49. The fraction of sp³-hybridized carbons (Fsp3) is 0.500. The van der Waals surface area contributed by atoms with Crippen molar-refractivity contribution in [2.24, 2.45) is 5.92 Å². The number of benzene rings is 1. The fourth-order valence-corrected chi connectivity index (χ4v) is 1.73. The third-order valence-electron chi connectivity index (χ3n) is 3.03. The van der Waals surface area contributed by atoms with Gasteiger partial charge in [-0.15, -0.1) is 0 Å². The minimum Gasteiger partial charge on any atom is -0.384 e. The molecule has 0 unspecified atom stereocenters. The molecule has 1 rings (SSSR count). The van der Waals surface area contributed by atoms with Crippen LogP contribution in [0.4, 0.5) is 5.69 Å². The quantitative estimate of drug-likeness (QED) is 0.814. The first-order valence-electron chi connectivity index (χ1n) is 5.95. The summed E-state index contributed by atoms with van der Waals surface area (Å²) < 4.78 is 0. The maximum Gasteiger partial charge on any atom is 0.101 e. The number of nitriles is 1. The Bertz CT molecular complexity index is 373. The van der Waals surface area contributed by atoms with Crippen molar-refractivity contribution in [3.63, 3.8) is 0 Å². The molecule has 2 heteroatoms. The molecular weight excluding hydrogens is 196 g/mol. The van der Waals surface area contributed by atoms with Gasteiger partial charge in [-0.25, -0.2) is 0 Å². The number of aryl methyl sites for hydroxylation is 1. The smallest absolute Gasteiger partial charge is 0.101 e. The van der Waals surface area contributed by atoms with E-state index in [-0.39, 0.29) is 0 Å². The molecule has 0 spiro atoms. The molecule has 1 N–H and O–H groups in total. The number of nitrogens with zero attached hydrogens (tertiary/aromatic N) is 1. The Balaban J connectivity index is 2.73. The molecule has 0 amide bonds. The lowest BCUT2D eigenvalue weighted by Crippen LogP contribution is -2.13. The van der Waals surface area contributed by atoms with E-state index >= 15 is 0 Å². The zero-order valence-electron chi connectivity index (χ0n) is 10.4. The molecule has 0 saturated carbocycles. The number of hydrogen-bond acceptors (Lipinski definition) is 2. The summed E-state index contributed by atoms with van der Waals surface area (Å²) in [6.07, 6.45) is 2.36. The first kappa shape index (κ1) is 12.6. The molecule has 0 aliphatic heterocycles. The van der Waals surface area contributed by atoms with Gasteiger partial charge in [-0.1, -0.05) is 32.8 Å². The van der Waals surface area contributed by atoms with E-state index < -0.39 is 0 Å². The van der Waals surface area contributed by atoms with Crippen LogP contribution in [0.25, 0.3) is 0 Å². The van der Waals surface area contributed by atoms with E-state index in [1.165, 1.54) is 18.4 Å². The Morgan fingerprint density at radius 1 is 1.31 bits per heavy atom. The lowest BCUT2D eigenvalue weighted by Gasteiger charge is -2.15. The summed E-state index contributed by atoms with van der Waals surface area (Å²) in [6.45, 7) is 7.41. The van der Waals surface area contributed by atoms with E-state index in [1.54, 1.807) is 0 Å². The summed E-state index contributed by atoms with van der Waals surface area (Å²) in [4.78, 5) is 0. The Morgan fingerprint density at radius 2 is 2.00 bits per heavy atom. The van der Waals surface area contributed by atoms with Crippen LogP contribution in [0.15, 0.2) is 18.2 Å². The predicted molar refractivity (Wildman–Crippen MR) is 68.5 cm³/mol. The van der Waals surface area contributed by atoms with Crippen molar-refractivity contribution in [2.75, 3.05) is 11.9 Å². The Kier molecular flexibility index (Phi) is 4.85. The van der Waals surface area contributed by atoms with E-state index in [2.05, 4.69) is 25.2 Å². The largest absolute Gasteiger partial charge is 0.384 e. The summed E-state index contributed by atoms with van der Waals surface area (Å²) >= 11 is 0. The summed E-state index contributed by atoms with van der Waals surface area (Å²) in [5.74, 6) is 0.687. The molecule has 2 nitrogen and oxygen atoms in total. The van der Waals surface area contributed by atoms with Crippen LogP contribution < -0.4 is 5.32 Å². The highest BCUT2D eigenvalue weighted by atomic mass is 14.9. The summed E-state index contributed by atoms with van der Waals surface area (Å²) in [5.41, 5.74) is 2.89. The lowest BCUT2D eigenvalue weighted by molar-refractivity contribution is 0.519. The van der Waals surface area contributed by atoms with E-state index in [0.29, 0.717) is 5.92 Å². The van der Waals surface area contributed by atoms with Gasteiger partial charge in [0.25, 0.3) is 0 Å². The van der Waals surface area contributed by atoms with Gasteiger partial charge in [-0.2, -0.15) is 5.26 Å². The Labute approximate surface area is 98.3 Å². The van der Waals surface area contributed by atoms with Crippen molar-refractivity contribution in [3.8, 4) is 6.07 Å². The molecule has 16 heavy (non-hydrogen) atoms. The van der Waals surface area contributed by atoms with Crippen molar-refractivity contribution in [2.45, 2.75) is 33.6 Å². The number of hydrogen-bond donors (Lipinski definition) is 1. The van der Waals surface area contributed by atoms with Crippen LogP contribution in [-0.4, -0.2) is 6.54 Å². The van der Waals surface area contributed by atoms with E-state index in [0.717, 1.165) is 17.8 Å². The van der Waals surface area contributed by atoms with Gasteiger partial charge in [0.15, 0.2) is 0 Å². The molecule has 86 valence electrons. The van der Waals surface area contributed by atoms with Crippen molar-refractivity contribution in [3.05, 3.63) is 29.3 Å². The minimum atomic E-state index is 0.687. The maximum atomic E-state index is 9.00. The van der Waals surface area contributed by atoms with E-state index in [9.17, 15) is 0 Å². The Morgan fingerprint density at radius 3 is 2.56 bits per heavy atom. The fourth-order valence-electron chi connectivity index (χ4n) is 1.73. The van der Waals surface area contributed by atoms with Gasteiger partial charge in [-0.3, -0.25) is 0 Å².